The number of hydrogen-bond acceptors (Lipinski definition) is 2. The van der Waals surface area contributed by atoms with Crippen molar-refractivity contribution in [2.45, 2.75) is 0 Å². The molecule has 0 saturated heterocycles. The van der Waals surface area contributed by atoms with Gasteiger partial charge < -0.3 is 0 Å². The lowest BCUT2D eigenvalue weighted by Gasteiger charge is -1.84. The third-order valence-electron chi connectivity index (χ3n) is 1.21. The largest absolute Gasteiger partial charge is 0.143 e. The second-order valence-electron chi connectivity index (χ2n) is 1.87. The van der Waals surface area contributed by atoms with Gasteiger partial charge in [0.2, 0.25) is 0 Å². The first-order valence-corrected chi connectivity index (χ1v) is 4.72. The quantitative estimate of drug-likeness (QED) is 0.608. The van der Waals surface area contributed by atoms with Gasteiger partial charge in [0.05, 0.1) is 4.88 Å². The van der Waals surface area contributed by atoms with Crippen LogP contribution >= 0.6 is 22.7 Å². The van der Waals surface area contributed by atoms with Crippen LogP contribution < -0.4 is 0 Å². The zero-order valence-electron chi connectivity index (χ0n) is 5.20. The smallest absolute Gasteiger partial charge is 0.0521 e. The van der Waals surface area contributed by atoms with Crippen molar-refractivity contribution in [1.29, 1.82) is 0 Å². The lowest BCUT2D eigenvalue weighted by atomic mass is 10.4. The Bertz CT molecular complexity index is 247. The maximum absolute atomic E-state index is 3.17. The first-order chi connectivity index (χ1) is 4.97. The first-order valence-electron chi connectivity index (χ1n) is 2.96. The van der Waals surface area contributed by atoms with Gasteiger partial charge in [-0.3, -0.25) is 0 Å². The van der Waals surface area contributed by atoms with Crippen LogP contribution in [-0.4, -0.2) is 0 Å². The summed E-state index contributed by atoms with van der Waals surface area (Å²) in [6, 6.07) is 9.31. The van der Waals surface area contributed by atoms with Crippen molar-refractivity contribution in [2.75, 3.05) is 0 Å². The zero-order valence-corrected chi connectivity index (χ0v) is 6.84. The molecule has 0 spiro atoms. The molecule has 2 heteroatoms. The highest BCUT2D eigenvalue weighted by Crippen LogP contribution is 2.27. The van der Waals surface area contributed by atoms with Gasteiger partial charge >= 0.3 is 0 Å². The van der Waals surface area contributed by atoms with E-state index in [4.69, 9.17) is 0 Å². The molecule has 0 nitrogen and oxygen atoms in total. The Kier molecular flexibility index (Phi) is 1.57. The third-order valence-corrected chi connectivity index (χ3v) is 3.08. The molecule has 2 aromatic rings. The van der Waals surface area contributed by atoms with Crippen molar-refractivity contribution >= 4 is 22.7 Å². The average Bonchev–Trinajstić information content (AvgIpc) is 2.59. The van der Waals surface area contributed by atoms with E-state index < -0.39 is 0 Å². The minimum absolute atomic E-state index is 1.25. The topological polar surface area (TPSA) is 0 Å². The van der Waals surface area contributed by atoms with Gasteiger partial charge in [-0.15, -0.1) is 22.7 Å². The van der Waals surface area contributed by atoms with Gasteiger partial charge in [-0.05, 0) is 22.9 Å². The Balaban J connectivity index is 2.48. The summed E-state index contributed by atoms with van der Waals surface area (Å²) in [6.45, 7) is 0. The molecule has 2 heterocycles. The van der Waals surface area contributed by atoms with E-state index in [0.29, 0.717) is 0 Å². The van der Waals surface area contributed by atoms with Crippen molar-refractivity contribution < 1.29 is 0 Å². The fourth-order valence-electron chi connectivity index (χ4n) is 0.783. The van der Waals surface area contributed by atoms with Gasteiger partial charge in [0.1, 0.15) is 0 Å². The second-order valence-corrected chi connectivity index (χ2v) is 3.74. The molecule has 0 bridgehead atoms. The summed E-state index contributed by atoms with van der Waals surface area (Å²) >= 11 is 3.50. The summed E-state index contributed by atoms with van der Waals surface area (Å²) < 4.78 is 0. The van der Waals surface area contributed by atoms with Crippen LogP contribution in [0, 0.1) is 6.07 Å². The molecule has 49 valence electrons. The lowest BCUT2D eigenvalue weighted by molar-refractivity contribution is 1.91. The second kappa shape index (κ2) is 2.56. The van der Waals surface area contributed by atoms with E-state index in [1.54, 1.807) is 22.7 Å². The molecule has 0 aliphatic heterocycles. The van der Waals surface area contributed by atoms with Crippen LogP contribution in [0.1, 0.15) is 0 Å². The van der Waals surface area contributed by atoms with Crippen molar-refractivity contribution in [3.05, 3.63) is 35.0 Å². The SMILES string of the molecule is [c]1ccsc1-c1cccs1. The average molecular weight is 165 g/mol. The molecule has 0 amide bonds. The van der Waals surface area contributed by atoms with Crippen molar-refractivity contribution in [3.8, 4) is 9.75 Å². The van der Waals surface area contributed by atoms with E-state index in [-0.39, 0.29) is 0 Å². The summed E-state index contributed by atoms with van der Waals surface area (Å²) in [4.78, 5) is 2.56. The van der Waals surface area contributed by atoms with Crippen molar-refractivity contribution in [3.63, 3.8) is 0 Å². The Morgan fingerprint density at radius 3 is 2.80 bits per heavy atom. The van der Waals surface area contributed by atoms with E-state index in [9.17, 15) is 0 Å². The third kappa shape index (κ3) is 1.00. The van der Waals surface area contributed by atoms with Crippen molar-refractivity contribution in [2.24, 2.45) is 0 Å². The van der Waals surface area contributed by atoms with Crippen molar-refractivity contribution in [1.82, 2.24) is 0 Å². The van der Waals surface area contributed by atoms with Crippen LogP contribution in [0.3, 0.4) is 0 Å². The van der Waals surface area contributed by atoms with E-state index in [2.05, 4.69) is 29.0 Å². The molecule has 0 atom stereocenters. The number of thiophene rings is 2. The van der Waals surface area contributed by atoms with Gasteiger partial charge in [0.25, 0.3) is 0 Å². The van der Waals surface area contributed by atoms with E-state index in [0.717, 1.165) is 0 Å². The molecule has 0 aliphatic rings. The molecule has 1 radical (unpaired) electrons. The molecule has 2 aromatic heterocycles. The highest BCUT2D eigenvalue weighted by Gasteiger charge is 1.96. The molecule has 0 saturated carbocycles. The van der Waals surface area contributed by atoms with Crippen LogP contribution in [0.4, 0.5) is 0 Å². The van der Waals surface area contributed by atoms with Gasteiger partial charge in [-0.25, -0.2) is 0 Å². The Morgan fingerprint density at radius 2 is 2.20 bits per heavy atom. The normalized spacial score (nSPS) is 10.0. The first kappa shape index (κ1) is 6.13. The van der Waals surface area contributed by atoms with Gasteiger partial charge in [-0.1, -0.05) is 6.07 Å². The van der Waals surface area contributed by atoms with E-state index >= 15 is 0 Å². The Labute approximate surface area is 67.8 Å². The van der Waals surface area contributed by atoms with Crippen LogP contribution in [0.5, 0.6) is 0 Å². The molecular formula is C8H5S2. The highest BCUT2D eigenvalue weighted by atomic mass is 32.1. The molecule has 2 rings (SSSR count). The van der Waals surface area contributed by atoms with Gasteiger partial charge in [0, 0.05) is 10.9 Å². The van der Waals surface area contributed by atoms with Crippen LogP contribution in [0.25, 0.3) is 9.75 Å². The standard InChI is InChI=1S/C8H5S2/c1-3-7(9-5-1)8-4-2-6-10-8/h1-3,5-6H. The summed E-state index contributed by atoms with van der Waals surface area (Å²) in [6.07, 6.45) is 0. The summed E-state index contributed by atoms with van der Waals surface area (Å²) in [5, 5.41) is 4.14. The molecule has 0 fully saturated rings. The molecule has 10 heavy (non-hydrogen) atoms. The van der Waals surface area contributed by atoms with Crippen LogP contribution in [-0.2, 0) is 0 Å². The number of hydrogen-bond donors (Lipinski definition) is 0. The molecule has 0 N–H and O–H groups in total. The van der Waals surface area contributed by atoms with E-state index in [1.165, 1.54) is 9.75 Å². The predicted octanol–water partition coefficient (Wildman–Crippen LogP) is 3.28. The molecule has 0 aliphatic carbocycles. The minimum atomic E-state index is 1.25. The molecule has 0 aromatic carbocycles. The zero-order chi connectivity index (χ0) is 6.81. The Morgan fingerprint density at radius 1 is 1.20 bits per heavy atom. The molecular weight excluding hydrogens is 160 g/mol. The predicted molar refractivity (Wildman–Crippen MR) is 46.5 cm³/mol. The highest BCUT2D eigenvalue weighted by molar-refractivity contribution is 7.20. The monoisotopic (exact) mass is 165 g/mol. The minimum Gasteiger partial charge on any atom is -0.143 e. The lowest BCUT2D eigenvalue weighted by Crippen LogP contribution is -1.56. The maximum Gasteiger partial charge on any atom is 0.0521 e. The van der Waals surface area contributed by atoms with Gasteiger partial charge in [-0.2, -0.15) is 0 Å². The summed E-state index contributed by atoms with van der Waals surface area (Å²) in [5.74, 6) is 0. The fraction of sp³-hybridized carbons (Fsp3) is 0. The van der Waals surface area contributed by atoms with Crippen LogP contribution in [0.2, 0.25) is 0 Å². The summed E-state index contributed by atoms with van der Waals surface area (Å²) in [5.41, 5.74) is 0. The maximum atomic E-state index is 3.17. The Hall–Kier alpha value is -0.600. The van der Waals surface area contributed by atoms with Gasteiger partial charge in [0.15, 0.2) is 0 Å². The number of rotatable bonds is 1. The van der Waals surface area contributed by atoms with Crippen LogP contribution in [0.15, 0.2) is 29.0 Å². The molecule has 0 unspecified atom stereocenters. The summed E-state index contributed by atoms with van der Waals surface area (Å²) in [7, 11) is 0. The fourth-order valence-corrected chi connectivity index (χ4v) is 2.29. The van der Waals surface area contributed by atoms with E-state index in [1.807, 2.05) is 6.07 Å².